The molecule has 0 amide bonds. The highest BCUT2D eigenvalue weighted by Crippen LogP contribution is 2.31. The second kappa shape index (κ2) is 5.75. The minimum atomic E-state index is -3.71. The molecule has 0 aliphatic rings. The van der Waals surface area contributed by atoms with Crippen LogP contribution in [0.25, 0.3) is 0 Å². The van der Waals surface area contributed by atoms with Crippen molar-refractivity contribution in [2.45, 2.75) is 38.5 Å². The summed E-state index contributed by atoms with van der Waals surface area (Å²) in [5.41, 5.74) is 2.32. The van der Waals surface area contributed by atoms with Gasteiger partial charge in [-0.15, -0.1) is 0 Å². The van der Waals surface area contributed by atoms with E-state index in [0.29, 0.717) is 17.9 Å². The summed E-state index contributed by atoms with van der Waals surface area (Å²) in [7, 11) is -3.71. The van der Waals surface area contributed by atoms with Crippen molar-refractivity contribution in [3.8, 4) is 5.75 Å². The van der Waals surface area contributed by atoms with Gasteiger partial charge in [-0.1, -0.05) is 20.4 Å². The third-order valence-electron chi connectivity index (χ3n) is 2.71. The van der Waals surface area contributed by atoms with Crippen LogP contribution in [0.1, 0.15) is 37.8 Å². The monoisotopic (exact) mass is 283 g/mol. The molecule has 0 saturated carbocycles. The molecular weight excluding hydrogens is 262 g/mol. The van der Waals surface area contributed by atoms with E-state index < -0.39 is 10.0 Å². The van der Waals surface area contributed by atoms with Crippen molar-refractivity contribution in [3.05, 3.63) is 35.4 Å². The molecule has 0 aromatic heterocycles. The molecule has 0 bridgehead atoms. The summed E-state index contributed by atoms with van der Waals surface area (Å²) in [4.78, 5) is 0.152. The van der Waals surface area contributed by atoms with Gasteiger partial charge in [0.05, 0.1) is 4.90 Å². The molecule has 106 valence electrons. The number of rotatable bonds is 5. The maximum absolute atomic E-state index is 11.5. The number of hydrogen-bond donors (Lipinski definition) is 1. The number of nitrogens with two attached hydrogens (primary N) is 1. The van der Waals surface area contributed by atoms with E-state index in [1.807, 2.05) is 20.8 Å². The van der Waals surface area contributed by atoms with Crippen molar-refractivity contribution >= 4 is 10.0 Å². The van der Waals surface area contributed by atoms with Crippen LogP contribution >= 0.6 is 0 Å². The van der Waals surface area contributed by atoms with Gasteiger partial charge in [0.25, 0.3) is 0 Å². The van der Waals surface area contributed by atoms with Crippen LogP contribution in [0.3, 0.4) is 0 Å². The van der Waals surface area contributed by atoms with Crippen LogP contribution in [0.5, 0.6) is 5.75 Å². The lowest BCUT2D eigenvalue weighted by Gasteiger charge is -2.17. The maximum Gasteiger partial charge on any atom is 0.238 e. The molecule has 1 aromatic rings. The molecule has 2 N–H and O–H groups in total. The number of ether oxygens (including phenoxy) is 1. The van der Waals surface area contributed by atoms with Gasteiger partial charge in [-0.2, -0.15) is 0 Å². The molecule has 19 heavy (non-hydrogen) atoms. The maximum atomic E-state index is 11.5. The lowest BCUT2D eigenvalue weighted by atomic mass is 10.0. The first-order chi connectivity index (χ1) is 8.62. The summed E-state index contributed by atoms with van der Waals surface area (Å²) in [5, 5.41) is 5.22. The first-order valence-electron chi connectivity index (χ1n) is 6.07. The highest BCUT2D eigenvalue weighted by atomic mass is 32.2. The van der Waals surface area contributed by atoms with Crippen LogP contribution < -0.4 is 9.88 Å². The fourth-order valence-electron chi connectivity index (χ4n) is 1.76. The molecule has 0 heterocycles. The van der Waals surface area contributed by atoms with E-state index in [1.165, 1.54) is 0 Å². The average molecular weight is 283 g/mol. The van der Waals surface area contributed by atoms with Crippen molar-refractivity contribution < 1.29 is 13.2 Å². The number of primary sulfonamides is 1. The lowest BCUT2D eigenvalue weighted by molar-refractivity contribution is 0.346. The Balaban J connectivity index is 3.33. The third-order valence-corrected chi connectivity index (χ3v) is 3.76. The van der Waals surface area contributed by atoms with E-state index in [0.717, 1.165) is 11.1 Å². The molecule has 4 nitrogen and oxygen atoms in total. The Hall–Kier alpha value is -1.33. The molecule has 0 aliphatic heterocycles. The summed E-state index contributed by atoms with van der Waals surface area (Å²) in [5.74, 6) is 0.823. The zero-order chi connectivity index (χ0) is 14.8. The summed E-state index contributed by atoms with van der Waals surface area (Å²) in [6.45, 7) is 11.7. The van der Waals surface area contributed by atoms with Crippen molar-refractivity contribution in [3.63, 3.8) is 0 Å². The van der Waals surface area contributed by atoms with E-state index in [1.54, 1.807) is 19.1 Å². The normalized spacial score (nSPS) is 11.7. The first-order valence-corrected chi connectivity index (χ1v) is 7.62. The molecule has 0 atom stereocenters. The van der Waals surface area contributed by atoms with E-state index in [2.05, 4.69) is 6.58 Å². The van der Waals surface area contributed by atoms with Crippen LogP contribution in [0, 0.1) is 6.92 Å². The molecule has 0 radical (unpaired) electrons. The molecule has 0 unspecified atom stereocenters. The fraction of sp³-hybridized carbons (Fsp3) is 0.429. The molecule has 0 spiro atoms. The zero-order valence-electron chi connectivity index (χ0n) is 11.9. The SMILES string of the molecule is C=C(C)COc1cc(C)c(S(N)(=O)=O)cc1C(C)C. The van der Waals surface area contributed by atoms with E-state index in [-0.39, 0.29) is 10.8 Å². The second-order valence-electron chi connectivity index (χ2n) is 5.10. The molecule has 1 rings (SSSR count). The van der Waals surface area contributed by atoms with Gasteiger partial charge in [-0.05, 0) is 48.6 Å². The lowest BCUT2D eigenvalue weighted by Crippen LogP contribution is -2.15. The van der Waals surface area contributed by atoms with Crippen molar-refractivity contribution in [2.75, 3.05) is 6.61 Å². The predicted molar refractivity (Wildman–Crippen MR) is 77.0 cm³/mol. The minimum Gasteiger partial charge on any atom is -0.489 e. The zero-order valence-corrected chi connectivity index (χ0v) is 12.7. The van der Waals surface area contributed by atoms with Crippen LogP contribution in [-0.4, -0.2) is 15.0 Å². The first kappa shape index (κ1) is 15.7. The Morgan fingerprint density at radius 2 is 2.00 bits per heavy atom. The van der Waals surface area contributed by atoms with Gasteiger partial charge in [0.15, 0.2) is 0 Å². The minimum absolute atomic E-state index is 0.140. The number of benzene rings is 1. The van der Waals surface area contributed by atoms with Crippen LogP contribution in [0.4, 0.5) is 0 Å². The Morgan fingerprint density at radius 3 is 2.42 bits per heavy atom. The highest BCUT2D eigenvalue weighted by Gasteiger charge is 2.17. The molecule has 0 fully saturated rings. The largest absolute Gasteiger partial charge is 0.489 e. The number of sulfonamides is 1. The Morgan fingerprint density at radius 1 is 1.42 bits per heavy atom. The summed E-state index contributed by atoms with van der Waals surface area (Å²) in [6, 6.07) is 3.32. The number of aryl methyl sites for hydroxylation is 1. The average Bonchev–Trinajstić information content (AvgIpc) is 2.23. The Bertz CT molecular complexity index is 589. The fourth-order valence-corrected chi connectivity index (χ4v) is 2.56. The topological polar surface area (TPSA) is 69.4 Å². The van der Waals surface area contributed by atoms with E-state index in [4.69, 9.17) is 9.88 Å². The van der Waals surface area contributed by atoms with Gasteiger partial charge in [-0.25, -0.2) is 13.6 Å². The van der Waals surface area contributed by atoms with Crippen LogP contribution in [-0.2, 0) is 10.0 Å². The van der Waals surface area contributed by atoms with E-state index in [9.17, 15) is 8.42 Å². The molecular formula is C14H21NO3S. The van der Waals surface area contributed by atoms with Crippen molar-refractivity contribution in [2.24, 2.45) is 5.14 Å². The standard InChI is InChI=1S/C14H21NO3S/c1-9(2)8-18-13-6-11(5)14(19(15,16)17)7-12(13)10(3)4/h6-7,10H,1,8H2,2-5H3,(H2,15,16,17). The van der Waals surface area contributed by atoms with Gasteiger partial charge < -0.3 is 4.74 Å². The van der Waals surface area contributed by atoms with Gasteiger partial charge in [0.1, 0.15) is 12.4 Å². The summed E-state index contributed by atoms with van der Waals surface area (Å²) < 4.78 is 28.7. The Kier molecular flexibility index (Phi) is 4.76. The quantitative estimate of drug-likeness (QED) is 0.845. The molecule has 0 saturated heterocycles. The number of hydrogen-bond acceptors (Lipinski definition) is 3. The van der Waals surface area contributed by atoms with Gasteiger partial charge in [-0.3, -0.25) is 0 Å². The summed E-state index contributed by atoms with van der Waals surface area (Å²) in [6.07, 6.45) is 0. The van der Waals surface area contributed by atoms with Gasteiger partial charge >= 0.3 is 0 Å². The highest BCUT2D eigenvalue weighted by molar-refractivity contribution is 7.89. The Labute approximate surface area is 115 Å². The molecule has 0 aliphatic carbocycles. The molecule has 5 heteroatoms. The predicted octanol–water partition coefficient (Wildman–Crippen LogP) is 2.72. The van der Waals surface area contributed by atoms with Crippen LogP contribution in [0.15, 0.2) is 29.2 Å². The molecule has 1 aromatic carbocycles. The van der Waals surface area contributed by atoms with Gasteiger partial charge in [0.2, 0.25) is 10.0 Å². The van der Waals surface area contributed by atoms with Crippen LogP contribution in [0.2, 0.25) is 0 Å². The van der Waals surface area contributed by atoms with Crippen molar-refractivity contribution in [1.82, 2.24) is 0 Å². The van der Waals surface area contributed by atoms with E-state index >= 15 is 0 Å². The third kappa shape index (κ3) is 4.08. The summed E-state index contributed by atoms with van der Waals surface area (Å²) >= 11 is 0. The second-order valence-corrected chi connectivity index (χ2v) is 6.63. The van der Waals surface area contributed by atoms with Crippen molar-refractivity contribution in [1.29, 1.82) is 0 Å². The van der Waals surface area contributed by atoms with Gasteiger partial charge in [0, 0.05) is 0 Å². The smallest absolute Gasteiger partial charge is 0.238 e.